The Morgan fingerprint density at radius 2 is 1.96 bits per heavy atom. The Hall–Kier alpha value is -3.36. The Morgan fingerprint density at radius 1 is 1.23 bits per heavy atom. The van der Waals surface area contributed by atoms with Crippen LogP contribution in [0.15, 0.2) is 46.9 Å². The highest BCUT2D eigenvalue weighted by Crippen LogP contribution is 2.22. The van der Waals surface area contributed by atoms with Gasteiger partial charge in [-0.3, -0.25) is 19.7 Å². The Kier molecular flexibility index (Phi) is 5.16. The van der Waals surface area contributed by atoms with Crippen molar-refractivity contribution in [2.24, 2.45) is 5.92 Å². The number of nitrogens with one attached hydrogen (secondary N) is 1. The van der Waals surface area contributed by atoms with E-state index in [0.717, 1.165) is 11.8 Å². The minimum Gasteiger partial charge on any atom is -0.492 e. The van der Waals surface area contributed by atoms with Crippen LogP contribution in [-0.2, 0) is 4.79 Å². The maximum absolute atomic E-state index is 12.1. The molecule has 0 unspecified atom stereocenters. The standard InChI is InChI=1S/C17H17N3O6/c21-16(18-8-9-25-13-4-2-1-3-5-13)12-10-19(11-12)17(22)14-6-7-15(26-14)20(23)24/h1-7,12H,8-11H2,(H,18,21). The molecule has 1 saturated heterocycles. The third kappa shape index (κ3) is 4.00. The summed E-state index contributed by atoms with van der Waals surface area (Å²) in [5.41, 5.74) is 0. The summed E-state index contributed by atoms with van der Waals surface area (Å²) in [7, 11) is 0. The number of benzene rings is 1. The smallest absolute Gasteiger partial charge is 0.433 e. The van der Waals surface area contributed by atoms with Crippen molar-refractivity contribution in [1.82, 2.24) is 10.2 Å². The minimum atomic E-state index is -0.708. The monoisotopic (exact) mass is 359 g/mol. The molecule has 1 aliphatic rings. The van der Waals surface area contributed by atoms with Gasteiger partial charge in [0.1, 0.15) is 17.3 Å². The van der Waals surface area contributed by atoms with E-state index in [9.17, 15) is 19.7 Å². The van der Waals surface area contributed by atoms with Gasteiger partial charge in [-0.1, -0.05) is 18.2 Å². The van der Waals surface area contributed by atoms with Crippen LogP contribution >= 0.6 is 0 Å². The highest BCUT2D eigenvalue weighted by atomic mass is 16.6. The fraction of sp³-hybridized carbons (Fsp3) is 0.294. The summed E-state index contributed by atoms with van der Waals surface area (Å²) >= 11 is 0. The number of amides is 2. The lowest BCUT2D eigenvalue weighted by atomic mass is 9.99. The number of carbonyl (C=O) groups is 2. The summed E-state index contributed by atoms with van der Waals surface area (Å²) in [4.78, 5) is 35.4. The molecule has 0 aliphatic carbocycles. The number of hydrogen-bond donors (Lipinski definition) is 1. The van der Waals surface area contributed by atoms with Gasteiger partial charge < -0.3 is 19.4 Å². The lowest BCUT2D eigenvalue weighted by Crippen LogP contribution is -2.56. The maximum atomic E-state index is 12.1. The zero-order chi connectivity index (χ0) is 18.5. The number of nitro groups is 1. The van der Waals surface area contributed by atoms with Crippen molar-refractivity contribution in [3.8, 4) is 5.75 Å². The van der Waals surface area contributed by atoms with E-state index in [1.165, 1.54) is 11.0 Å². The van der Waals surface area contributed by atoms with E-state index in [1.54, 1.807) is 0 Å². The Morgan fingerprint density at radius 3 is 2.62 bits per heavy atom. The molecule has 1 aromatic carbocycles. The highest BCUT2D eigenvalue weighted by molar-refractivity contribution is 5.94. The van der Waals surface area contributed by atoms with Gasteiger partial charge in [0, 0.05) is 13.1 Å². The van der Waals surface area contributed by atoms with E-state index < -0.39 is 16.7 Å². The van der Waals surface area contributed by atoms with Gasteiger partial charge in [-0.15, -0.1) is 0 Å². The molecule has 1 N–H and O–H groups in total. The zero-order valence-electron chi connectivity index (χ0n) is 13.8. The van der Waals surface area contributed by atoms with Gasteiger partial charge in [-0.2, -0.15) is 0 Å². The van der Waals surface area contributed by atoms with Crippen LogP contribution in [0.1, 0.15) is 10.6 Å². The van der Waals surface area contributed by atoms with Crippen LogP contribution in [0.5, 0.6) is 5.75 Å². The zero-order valence-corrected chi connectivity index (χ0v) is 13.8. The topological polar surface area (TPSA) is 115 Å². The molecule has 1 aliphatic heterocycles. The number of likely N-dealkylation sites (tertiary alicyclic amines) is 1. The molecular formula is C17H17N3O6. The maximum Gasteiger partial charge on any atom is 0.433 e. The van der Waals surface area contributed by atoms with Crippen molar-refractivity contribution in [1.29, 1.82) is 0 Å². The van der Waals surface area contributed by atoms with E-state index in [4.69, 9.17) is 9.15 Å². The van der Waals surface area contributed by atoms with Crippen LogP contribution in [0, 0.1) is 16.0 Å². The molecule has 2 amide bonds. The van der Waals surface area contributed by atoms with Gasteiger partial charge >= 0.3 is 5.88 Å². The van der Waals surface area contributed by atoms with E-state index in [0.29, 0.717) is 13.2 Å². The van der Waals surface area contributed by atoms with Crippen LogP contribution < -0.4 is 10.1 Å². The van der Waals surface area contributed by atoms with Gasteiger partial charge in [0.25, 0.3) is 5.91 Å². The average molecular weight is 359 g/mol. The summed E-state index contributed by atoms with van der Waals surface area (Å²) in [5, 5.41) is 13.3. The summed E-state index contributed by atoms with van der Waals surface area (Å²) in [6.07, 6.45) is 0. The van der Waals surface area contributed by atoms with Gasteiger partial charge in [-0.05, 0) is 18.2 Å². The van der Waals surface area contributed by atoms with Crippen molar-refractivity contribution >= 4 is 17.7 Å². The molecule has 0 radical (unpaired) electrons. The quantitative estimate of drug-likeness (QED) is 0.455. The Balaban J connectivity index is 1.37. The van der Waals surface area contributed by atoms with Gasteiger partial charge in [0.15, 0.2) is 5.76 Å². The molecule has 9 nitrogen and oxygen atoms in total. The number of hydrogen-bond acceptors (Lipinski definition) is 6. The van der Waals surface area contributed by atoms with E-state index in [1.807, 2.05) is 30.3 Å². The number of furan rings is 1. The molecular weight excluding hydrogens is 342 g/mol. The second-order valence-corrected chi connectivity index (χ2v) is 5.75. The average Bonchev–Trinajstić information content (AvgIpc) is 3.09. The first-order chi connectivity index (χ1) is 12.5. The van der Waals surface area contributed by atoms with Crippen LogP contribution in [-0.4, -0.2) is 47.9 Å². The first kappa shape index (κ1) is 17.5. The van der Waals surface area contributed by atoms with Crippen LogP contribution in [0.25, 0.3) is 0 Å². The number of nitrogens with zero attached hydrogens (tertiary/aromatic N) is 2. The van der Waals surface area contributed by atoms with Gasteiger partial charge in [-0.25, -0.2) is 0 Å². The number of para-hydroxylation sites is 1. The van der Waals surface area contributed by atoms with Crippen LogP contribution in [0.3, 0.4) is 0 Å². The molecule has 1 aromatic heterocycles. The molecule has 2 heterocycles. The van der Waals surface area contributed by atoms with Crippen molar-refractivity contribution in [3.05, 3.63) is 58.3 Å². The molecule has 2 aromatic rings. The summed E-state index contributed by atoms with van der Waals surface area (Å²) < 4.78 is 10.4. The van der Waals surface area contributed by atoms with Gasteiger partial charge in [0.05, 0.1) is 18.5 Å². The van der Waals surface area contributed by atoms with Crippen molar-refractivity contribution in [3.63, 3.8) is 0 Å². The molecule has 0 saturated carbocycles. The molecule has 3 rings (SSSR count). The second kappa shape index (κ2) is 7.68. The summed E-state index contributed by atoms with van der Waals surface area (Å²) in [6, 6.07) is 11.7. The molecule has 1 fully saturated rings. The summed E-state index contributed by atoms with van der Waals surface area (Å²) in [5.74, 6) is -0.783. The SMILES string of the molecule is O=C(NCCOc1ccccc1)C1CN(C(=O)c2ccc([N+](=O)[O-])o2)C1. The lowest BCUT2D eigenvalue weighted by Gasteiger charge is -2.37. The first-order valence-electron chi connectivity index (χ1n) is 8.03. The Labute approximate surface area is 148 Å². The van der Waals surface area contributed by atoms with E-state index in [-0.39, 0.29) is 30.7 Å². The number of carbonyl (C=O) groups excluding carboxylic acids is 2. The second-order valence-electron chi connectivity index (χ2n) is 5.75. The minimum absolute atomic E-state index is 0.105. The van der Waals surface area contributed by atoms with Crippen molar-refractivity contribution in [2.45, 2.75) is 0 Å². The summed E-state index contributed by atoms with van der Waals surface area (Å²) in [6.45, 7) is 1.21. The lowest BCUT2D eigenvalue weighted by molar-refractivity contribution is -0.402. The molecule has 9 heteroatoms. The third-order valence-electron chi connectivity index (χ3n) is 3.94. The highest BCUT2D eigenvalue weighted by Gasteiger charge is 2.37. The first-order valence-corrected chi connectivity index (χ1v) is 8.03. The molecule has 136 valence electrons. The van der Waals surface area contributed by atoms with Crippen LogP contribution in [0.4, 0.5) is 5.88 Å². The predicted octanol–water partition coefficient (Wildman–Crippen LogP) is 1.45. The van der Waals surface area contributed by atoms with Crippen molar-refractivity contribution in [2.75, 3.05) is 26.2 Å². The molecule has 26 heavy (non-hydrogen) atoms. The fourth-order valence-electron chi connectivity index (χ4n) is 2.51. The van der Waals surface area contributed by atoms with E-state index >= 15 is 0 Å². The number of rotatable bonds is 7. The van der Waals surface area contributed by atoms with Gasteiger partial charge in [0.2, 0.25) is 5.91 Å². The molecule has 0 atom stereocenters. The fourth-order valence-corrected chi connectivity index (χ4v) is 2.51. The number of ether oxygens (including phenoxy) is 1. The Bertz CT molecular complexity index is 798. The van der Waals surface area contributed by atoms with Crippen molar-refractivity contribution < 1.29 is 23.7 Å². The largest absolute Gasteiger partial charge is 0.492 e. The van der Waals surface area contributed by atoms with E-state index in [2.05, 4.69) is 5.32 Å². The molecule has 0 spiro atoms. The normalized spacial score (nSPS) is 13.8. The predicted molar refractivity (Wildman–Crippen MR) is 89.7 cm³/mol. The third-order valence-corrected chi connectivity index (χ3v) is 3.94. The molecule has 0 bridgehead atoms. The van der Waals surface area contributed by atoms with Crippen LogP contribution in [0.2, 0.25) is 0 Å².